The van der Waals surface area contributed by atoms with Crippen LogP contribution >= 0.6 is 0 Å². The standard InChI is InChI=1S/C21H26N2O6/c1-21(29)9-11-15(14(25)10-21)20(28)16-13(24)8-12(19(27)17(16)18(11)26)22-4-7-23-5-2-3-6-23/h8,14,22,24-25,27,29H,2-7,9-10H2,1H3/t14-,21-/m0/s1. The van der Waals surface area contributed by atoms with E-state index in [2.05, 4.69) is 10.2 Å². The summed E-state index contributed by atoms with van der Waals surface area (Å²) in [7, 11) is 0. The van der Waals surface area contributed by atoms with Crippen molar-refractivity contribution < 1.29 is 30.0 Å². The Hall–Kier alpha value is -2.42. The smallest absolute Gasteiger partial charge is 0.196 e. The predicted molar refractivity (Wildman–Crippen MR) is 105 cm³/mol. The number of hydrogen-bond acceptors (Lipinski definition) is 8. The maximum atomic E-state index is 13.1. The average molecular weight is 402 g/mol. The summed E-state index contributed by atoms with van der Waals surface area (Å²) >= 11 is 0. The zero-order valence-electron chi connectivity index (χ0n) is 16.4. The summed E-state index contributed by atoms with van der Waals surface area (Å²) in [6, 6.07) is 1.24. The fraction of sp³-hybridized carbons (Fsp3) is 0.524. The van der Waals surface area contributed by atoms with Gasteiger partial charge in [-0.25, -0.2) is 0 Å². The number of Topliss-reactive ketones (excluding diaryl/α,β-unsaturated/α-hetero) is 2. The first-order valence-corrected chi connectivity index (χ1v) is 9.97. The molecule has 1 fully saturated rings. The van der Waals surface area contributed by atoms with Gasteiger partial charge in [-0.2, -0.15) is 0 Å². The molecule has 0 spiro atoms. The third-order valence-corrected chi connectivity index (χ3v) is 6.04. The molecule has 29 heavy (non-hydrogen) atoms. The van der Waals surface area contributed by atoms with Crippen LogP contribution in [0.5, 0.6) is 11.5 Å². The van der Waals surface area contributed by atoms with Gasteiger partial charge in [0.25, 0.3) is 0 Å². The summed E-state index contributed by atoms with van der Waals surface area (Å²) in [5.74, 6) is -2.15. The van der Waals surface area contributed by atoms with E-state index in [9.17, 15) is 30.0 Å². The zero-order valence-corrected chi connectivity index (χ0v) is 16.4. The predicted octanol–water partition coefficient (Wildman–Crippen LogP) is 1.19. The number of anilines is 1. The van der Waals surface area contributed by atoms with E-state index in [-0.39, 0.29) is 40.8 Å². The quantitative estimate of drug-likeness (QED) is 0.375. The lowest BCUT2D eigenvalue weighted by Gasteiger charge is -2.36. The Bertz CT molecular complexity index is 914. The van der Waals surface area contributed by atoms with Crippen molar-refractivity contribution >= 4 is 17.3 Å². The number of nitrogens with one attached hydrogen (secondary N) is 1. The van der Waals surface area contributed by atoms with Gasteiger partial charge in [0.05, 0.1) is 28.5 Å². The number of aromatic hydroxyl groups is 2. The van der Waals surface area contributed by atoms with Crippen molar-refractivity contribution in [3.05, 3.63) is 28.3 Å². The van der Waals surface area contributed by atoms with Crippen molar-refractivity contribution in [3.63, 3.8) is 0 Å². The van der Waals surface area contributed by atoms with E-state index in [4.69, 9.17) is 0 Å². The Kier molecular flexibility index (Phi) is 4.88. The molecule has 0 bridgehead atoms. The van der Waals surface area contributed by atoms with Gasteiger partial charge >= 0.3 is 0 Å². The molecule has 1 aromatic carbocycles. The van der Waals surface area contributed by atoms with Crippen LogP contribution in [0.2, 0.25) is 0 Å². The lowest BCUT2D eigenvalue weighted by Crippen LogP contribution is -2.42. The van der Waals surface area contributed by atoms with Crippen LogP contribution < -0.4 is 5.32 Å². The van der Waals surface area contributed by atoms with E-state index in [0.29, 0.717) is 6.54 Å². The number of fused-ring (bicyclic) bond motifs is 1. The van der Waals surface area contributed by atoms with Crippen molar-refractivity contribution in [2.75, 3.05) is 31.5 Å². The highest BCUT2D eigenvalue weighted by Gasteiger charge is 2.46. The van der Waals surface area contributed by atoms with Gasteiger partial charge in [0.15, 0.2) is 17.3 Å². The number of hydrogen-bond donors (Lipinski definition) is 5. The van der Waals surface area contributed by atoms with Crippen molar-refractivity contribution in [3.8, 4) is 11.5 Å². The molecule has 2 atom stereocenters. The monoisotopic (exact) mass is 402 g/mol. The Morgan fingerprint density at radius 2 is 1.86 bits per heavy atom. The van der Waals surface area contributed by atoms with Gasteiger partial charge in [-0.15, -0.1) is 0 Å². The topological polar surface area (TPSA) is 130 Å². The van der Waals surface area contributed by atoms with E-state index in [1.54, 1.807) is 0 Å². The number of benzene rings is 1. The molecule has 8 heteroatoms. The van der Waals surface area contributed by atoms with Crippen LogP contribution in [0.1, 0.15) is 53.3 Å². The minimum absolute atomic E-state index is 0.00448. The maximum absolute atomic E-state index is 13.1. The van der Waals surface area contributed by atoms with Gasteiger partial charge in [-0.3, -0.25) is 9.59 Å². The number of phenolic OH excluding ortho intramolecular Hbond substituents is 2. The van der Waals surface area contributed by atoms with Gasteiger partial charge in [-0.05, 0) is 32.9 Å². The summed E-state index contributed by atoms with van der Waals surface area (Å²) in [6.45, 7) is 4.80. The normalized spacial score (nSPS) is 27.2. The molecule has 0 amide bonds. The van der Waals surface area contributed by atoms with Gasteiger partial charge in [-0.1, -0.05) is 0 Å². The summed E-state index contributed by atoms with van der Waals surface area (Å²) in [5, 5.41) is 44.9. The molecule has 0 saturated carbocycles. The number of ketones is 2. The summed E-state index contributed by atoms with van der Waals surface area (Å²) < 4.78 is 0. The molecule has 3 aliphatic rings. The third-order valence-electron chi connectivity index (χ3n) is 6.04. The largest absolute Gasteiger partial charge is 0.507 e. The molecule has 1 heterocycles. The Labute approximate surface area is 168 Å². The molecule has 5 N–H and O–H groups in total. The number of aliphatic hydroxyl groups excluding tert-OH is 1. The number of rotatable bonds is 4. The molecule has 1 saturated heterocycles. The van der Waals surface area contributed by atoms with Crippen LogP contribution in [-0.4, -0.2) is 74.8 Å². The van der Waals surface area contributed by atoms with Crippen LogP contribution in [0, 0.1) is 0 Å². The molecule has 4 rings (SSSR count). The molecule has 2 aliphatic carbocycles. The second-order valence-corrected chi connectivity index (χ2v) is 8.46. The van der Waals surface area contributed by atoms with Crippen molar-refractivity contribution in [2.45, 2.75) is 44.3 Å². The van der Waals surface area contributed by atoms with Crippen LogP contribution in [-0.2, 0) is 0 Å². The van der Waals surface area contributed by atoms with Crippen LogP contribution in [0.15, 0.2) is 17.2 Å². The van der Waals surface area contributed by atoms with E-state index in [1.807, 2.05) is 0 Å². The van der Waals surface area contributed by atoms with Gasteiger partial charge < -0.3 is 30.6 Å². The summed E-state index contributed by atoms with van der Waals surface area (Å²) in [4.78, 5) is 28.3. The lowest BCUT2D eigenvalue weighted by molar-refractivity contribution is 0.00374. The van der Waals surface area contributed by atoms with Crippen molar-refractivity contribution in [1.29, 1.82) is 0 Å². The highest BCUT2D eigenvalue weighted by molar-refractivity contribution is 6.30. The van der Waals surface area contributed by atoms with Crippen molar-refractivity contribution in [2.24, 2.45) is 0 Å². The number of carbonyl (C=O) groups excluding carboxylic acids is 2. The number of aliphatic hydroxyl groups is 2. The maximum Gasteiger partial charge on any atom is 0.196 e. The van der Waals surface area contributed by atoms with Gasteiger partial charge in [0.1, 0.15) is 5.75 Å². The Balaban J connectivity index is 1.67. The van der Waals surface area contributed by atoms with E-state index < -0.39 is 34.8 Å². The summed E-state index contributed by atoms with van der Waals surface area (Å²) in [5.41, 5.74) is -1.84. The lowest BCUT2D eigenvalue weighted by atomic mass is 9.71. The first-order chi connectivity index (χ1) is 13.7. The molecular formula is C21H26N2O6. The number of likely N-dealkylation sites (tertiary alicyclic amines) is 1. The molecule has 1 aliphatic heterocycles. The highest BCUT2D eigenvalue weighted by atomic mass is 16.3. The van der Waals surface area contributed by atoms with Crippen LogP contribution in [0.4, 0.5) is 5.69 Å². The molecule has 156 valence electrons. The van der Waals surface area contributed by atoms with Gasteiger partial charge in [0, 0.05) is 43.1 Å². The first kappa shape index (κ1) is 19.9. The van der Waals surface area contributed by atoms with Crippen LogP contribution in [0.25, 0.3) is 0 Å². The average Bonchev–Trinajstić information content (AvgIpc) is 3.14. The second-order valence-electron chi connectivity index (χ2n) is 8.46. The number of carbonyl (C=O) groups is 2. The van der Waals surface area contributed by atoms with Crippen LogP contribution in [0.3, 0.4) is 0 Å². The van der Waals surface area contributed by atoms with E-state index in [1.165, 1.54) is 13.0 Å². The fourth-order valence-corrected chi connectivity index (χ4v) is 4.64. The highest BCUT2D eigenvalue weighted by Crippen LogP contribution is 2.46. The molecule has 0 unspecified atom stereocenters. The minimum atomic E-state index is -1.34. The Morgan fingerprint density at radius 3 is 2.55 bits per heavy atom. The number of phenols is 2. The minimum Gasteiger partial charge on any atom is -0.507 e. The van der Waals surface area contributed by atoms with E-state index >= 15 is 0 Å². The van der Waals surface area contributed by atoms with Crippen molar-refractivity contribution in [1.82, 2.24) is 4.90 Å². The van der Waals surface area contributed by atoms with E-state index in [0.717, 1.165) is 32.5 Å². The molecule has 0 radical (unpaired) electrons. The molecular weight excluding hydrogens is 376 g/mol. The second kappa shape index (κ2) is 7.12. The summed E-state index contributed by atoms with van der Waals surface area (Å²) in [6.07, 6.45) is 0.834. The molecule has 8 nitrogen and oxygen atoms in total. The zero-order chi connectivity index (χ0) is 20.9. The van der Waals surface area contributed by atoms with Gasteiger partial charge in [0.2, 0.25) is 0 Å². The SMILES string of the molecule is C[C@]1(O)CC2=C(C(=O)c3c(O)cc(NCCN4CCCC4)c(O)c3C2=O)[C@@H](O)C1. The first-order valence-electron chi connectivity index (χ1n) is 9.97. The molecule has 1 aromatic rings. The third kappa shape index (κ3) is 3.41. The Morgan fingerprint density at radius 1 is 1.17 bits per heavy atom. The molecule has 0 aromatic heterocycles. The fourth-order valence-electron chi connectivity index (χ4n) is 4.64. The number of nitrogens with zero attached hydrogens (tertiary/aromatic N) is 1.